The first-order chi connectivity index (χ1) is 13.6. The number of hydrogen-bond acceptors (Lipinski definition) is 5. The molecular weight excluding hydrogens is 356 g/mol. The number of ether oxygens (including phenoxy) is 3. The second-order valence-electron chi connectivity index (χ2n) is 8.42. The van der Waals surface area contributed by atoms with Crippen LogP contribution in [0.25, 0.3) is 0 Å². The van der Waals surface area contributed by atoms with Crippen LogP contribution in [0, 0.1) is 11.8 Å². The Morgan fingerprint density at radius 2 is 1.93 bits per heavy atom. The van der Waals surface area contributed by atoms with Gasteiger partial charge in [-0.15, -0.1) is 0 Å². The second-order valence-corrected chi connectivity index (χ2v) is 8.42. The summed E-state index contributed by atoms with van der Waals surface area (Å²) in [5.74, 6) is 3.10. The highest BCUT2D eigenvalue weighted by molar-refractivity contribution is 5.78. The van der Waals surface area contributed by atoms with E-state index in [-0.39, 0.29) is 12.7 Å². The van der Waals surface area contributed by atoms with Crippen molar-refractivity contribution in [1.29, 1.82) is 0 Å². The molecule has 4 rings (SSSR count). The predicted molar refractivity (Wildman–Crippen MR) is 106 cm³/mol. The van der Waals surface area contributed by atoms with Crippen LogP contribution in [0.4, 0.5) is 0 Å². The first-order valence-electron chi connectivity index (χ1n) is 10.6. The van der Waals surface area contributed by atoms with Crippen LogP contribution in [0.3, 0.4) is 0 Å². The van der Waals surface area contributed by atoms with Gasteiger partial charge in [-0.05, 0) is 36.0 Å². The van der Waals surface area contributed by atoms with Gasteiger partial charge in [-0.3, -0.25) is 9.69 Å². The standard InChI is InChI=1S/C22H32N2O4/c1-16-4-3-5-19(17(16)2)24(14-22(25)23-8-10-26-11-9-23)13-18-6-7-20-21(12-18)28-15-27-20/h6-7,12,16-17,19H,3-5,8-11,13-15H2,1-2H3/t16-,17+,19+/m1/s1. The summed E-state index contributed by atoms with van der Waals surface area (Å²) < 4.78 is 16.4. The summed E-state index contributed by atoms with van der Waals surface area (Å²) in [4.78, 5) is 17.4. The highest BCUT2D eigenvalue weighted by atomic mass is 16.7. The number of carbonyl (C=O) groups excluding carboxylic acids is 1. The Hall–Kier alpha value is -1.79. The van der Waals surface area contributed by atoms with Gasteiger partial charge >= 0.3 is 0 Å². The second kappa shape index (κ2) is 8.70. The molecular formula is C22H32N2O4. The van der Waals surface area contributed by atoms with Gasteiger partial charge in [0, 0.05) is 25.7 Å². The molecule has 6 nitrogen and oxygen atoms in total. The lowest BCUT2D eigenvalue weighted by molar-refractivity contribution is -0.138. The van der Waals surface area contributed by atoms with Gasteiger partial charge in [0.25, 0.3) is 0 Å². The molecule has 0 unspecified atom stereocenters. The summed E-state index contributed by atoms with van der Waals surface area (Å²) in [5, 5.41) is 0. The van der Waals surface area contributed by atoms with Crippen molar-refractivity contribution in [1.82, 2.24) is 9.80 Å². The van der Waals surface area contributed by atoms with E-state index in [1.807, 2.05) is 11.0 Å². The molecule has 1 amide bonds. The molecule has 1 saturated heterocycles. The van der Waals surface area contributed by atoms with Crippen molar-refractivity contribution < 1.29 is 19.0 Å². The Balaban J connectivity index is 1.51. The average molecular weight is 389 g/mol. The number of hydrogen-bond donors (Lipinski definition) is 0. The van der Waals surface area contributed by atoms with Gasteiger partial charge in [-0.25, -0.2) is 0 Å². The van der Waals surface area contributed by atoms with Crippen molar-refractivity contribution in [3.8, 4) is 11.5 Å². The monoisotopic (exact) mass is 388 g/mol. The van der Waals surface area contributed by atoms with Gasteiger partial charge in [-0.1, -0.05) is 32.8 Å². The summed E-state index contributed by atoms with van der Waals surface area (Å²) in [6.07, 6.45) is 3.68. The van der Waals surface area contributed by atoms with E-state index in [0.717, 1.165) is 24.5 Å². The quantitative estimate of drug-likeness (QED) is 0.776. The van der Waals surface area contributed by atoms with Crippen molar-refractivity contribution in [3.63, 3.8) is 0 Å². The summed E-state index contributed by atoms with van der Waals surface area (Å²) in [6, 6.07) is 6.56. The zero-order valence-corrected chi connectivity index (χ0v) is 17.1. The molecule has 1 aromatic rings. The highest BCUT2D eigenvalue weighted by Crippen LogP contribution is 2.36. The lowest BCUT2D eigenvalue weighted by atomic mass is 9.77. The molecule has 3 atom stereocenters. The molecule has 154 valence electrons. The topological polar surface area (TPSA) is 51.2 Å². The Morgan fingerprint density at radius 1 is 1.14 bits per heavy atom. The molecule has 2 aliphatic heterocycles. The number of benzene rings is 1. The first kappa shape index (κ1) is 19.5. The minimum Gasteiger partial charge on any atom is -0.454 e. The van der Waals surface area contributed by atoms with Gasteiger partial charge < -0.3 is 19.1 Å². The molecule has 0 N–H and O–H groups in total. The number of nitrogens with zero attached hydrogens (tertiary/aromatic N) is 2. The average Bonchev–Trinajstić information content (AvgIpc) is 3.18. The Kier molecular flexibility index (Phi) is 6.07. The smallest absolute Gasteiger partial charge is 0.236 e. The van der Waals surface area contributed by atoms with E-state index in [1.54, 1.807) is 0 Å². The Morgan fingerprint density at radius 3 is 2.75 bits per heavy atom. The molecule has 1 saturated carbocycles. The van der Waals surface area contributed by atoms with E-state index in [2.05, 4.69) is 30.9 Å². The van der Waals surface area contributed by atoms with Crippen molar-refractivity contribution in [3.05, 3.63) is 23.8 Å². The van der Waals surface area contributed by atoms with Crippen molar-refractivity contribution in [2.75, 3.05) is 39.6 Å². The minimum atomic E-state index is 0.217. The number of amides is 1. The van der Waals surface area contributed by atoms with E-state index in [0.29, 0.717) is 50.7 Å². The van der Waals surface area contributed by atoms with Gasteiger partial charge in [0.05, 0.1) is 19.8 Å². The van der Waals surface area contributed by atoms with Crippen LogP contribution < -0.4 is 9.47 Å². The number of fused-ring (bicyclic) bond motifs is 1. The molecule has 28 heavy (non-hydrogen) atoms. The molecule has 0 aromatic heterocycles. The predicted octanol–water partition coefficient (Wildman–Crippen LogP) is 2.90. The highest BCUT2D eigenvalue weighted by Gasteiger charge is 2.33. The fourth-order valence-corrected chi connectivity index (χ4v) is 4.72. The molecule has 6 heteroatoms. The first-order valence-corrected chi connectivity index (χ1v) is 10.6. The Bertz CT molecular complexity index is 689. The Labute approximate surface area is 167 Å². The molecule has 2 heterocycles. The van der Waals surface area contributed by atoms with Crippen LogP contribution in [-0.4, -0.2) is 61.4 Å². The molecule has 1 aromatic carbocycles. The molecule has 3 aliphatic rings. The van der Waals surface area contributed by atoms with Crippen LogP contribution in [-0.2, 0) is 16.1 Å². The lowest BCUT2D eigenvalue weighted by Crippen LogP contribution is -2.50. The van der Waals surface area contributed by atoms with Gasteiger partial charge in [0.1, 0.15) is 0 Å². The third-order valence-electron chi connectivity index (χ3n) is 6.66. The van der Waals surface area contributed by atoms with Crippen LogP contribution in [0.15, 0.2) is 18.2 Å². The van der Waals surface area contributed by atoms with E-state index in [1.165, 1.54) is 18.4 Å². The molecule has 0 radical (unpaired) electrons. The minimum absolute atomic E-state index is 0.217. The van der Waals surface area contributed by atoms with Crippen molar-refractivity contribution >= 4 is 5.91 Å². The number of carbonyl (C=O) groups is 1. The van der Waals surface area contributed by atoms with Crippen LogP contribution >= 0.6 is 0 Å². The van der Waals surface area contributed by atoms with E-state index < -0.39 is 0 Å². The number of rotatable bonds is 5. The van der Waals surface area contributed by atoms with Crippen molar-refractivity contribution in [2.24, 2.45) is 11.8 Å². The summed E-state index contributed by atoms with van der Waals surface area (Å²) in [6.45, 7) is 8.90. The van der Waals surface area contributed by atoms with Gasteiger partial charge in [0.15, 0.2) is 11.5 Å². The van der Waals surface area contributed by atoms with E-state index in [9.17, 15) is 4.79 Å². The van der Waals surface area contributed by atoms with E-state index >= 15 is 0 Å². The molecule has 0 bridgehead atoms. The maximum Gasteiger partial charge on any atom is 0.236 e. The van der Waals surface area contributed by atoms with E-state index in [4.69, 9.17) is 14.2 Å². The van der Waals surface area contributed by atoms with Gasteiger partial charge in [-0.2, -0.15) is 0 Å². The van der Waals surface area contributed by atoms with Crippen LogP contribution in [0.1, 0.15) is 38.7 Å². The lowest BCUT2D eigenvalue weighted by Gasteiger charge is -2.42. The number of morpholine rings is 1. The largest absolute Gasteiger partial charge is 0.454 e. The zero-order valence-electron chi connectivity index (χ0n) is 17.1. The normalized spacial score (nSPS) is 27.2. The third kappa shape index (κ3) is 4.28. The SMILES string of the molecule is C[C@H]1[C@H](C)CCC[C@@H]1N(CC(=O)N1CCOCC1)Cc1ccc2c(c1)OCO2. The fourth-order valence-electron chi connectivity index (χ4n) is 4.72. The summed E-state index contributed by atoms with van der Waals surface area (Å²) >= 11 is 0. The summed E-state index contributed by atoms with van der Waals surface area (Å²) in [5.41, 5.74) is 1.17. The molecule has 0 spiro atoms. The third-order valence-corrected chi connectivity index (χ3v) is 6.66. The maximum atomic E-state index is 13.0. The van der Waals surface area contributed by atoms with Crippen LogP contribution in [0.5, 0.6) is 11.5 Å². The maximum absolute atomic E-state index is 13.0. The van der Waals surface area contributed by atoms with Crippen LogP contribution in [0.2, 0.25) is 0 Å². The van der Waals surface area contributed by atoms with Gasteiger partial charge in [0.2, 0.25) is 12.7 Å². The summed E-state index contributed by atoms with van der Waals surface area (Å²) in [7, 11) is 0. The fraction of sp³-hybridized carbons (Fsp3) is 0.682. The van der Waals surface area contributed by atoms with Crippen molar-refractivity contribution in [2.45, 2.75) is 45.7 Å². The zero-order chi connectivity index (χ0) is 19.5. The molecule has 1 aliphatic carbocycles. The molecule has 2 fully saturated rings.